The van der Waals surface area contributed by atoms with Gasteiger partial charge in [-0.2, -0.15) is 0 Å². The predicted molar refractivity (Wildman–Crippen MR) is 266 cm³/mol. The molecule has 0 saturated heterocycles. The van der Waals surface area contributed by atoms with E-state index >= 15 is 0 Å². The van der Waals surface area contributed by atoms with Crippen LogP contribution in [0.2, 0.25) is 0 Å². The van der Waals surface area contributed by atoms with Gasteiger partial charge >= 0.3 is 0 Å². The van der Waals surface area contributed by atoms with Crippen molar-refractivity contribution in [2.24, 2.45) is 0 Å². The van der Waals surface area contributed by atoms with Crippen molar-refractivity contribution in [1.82, 2.24) is 0 Å². The van der Waals surface area contributed by atoms with Gasteiger partial charge in [-0.15, -0.1) is 23.1 Å². The van der Waals surface area contributed by atoms with Gasteiger partial charge in [-0.3, -0.25) is 0 Å². The molecule has 1 aromatic heterocycles. The Kier molecular flexibility index (Phi) is 9.90. The number of fused-ring (bicyclic) bond motifs is 5. The Morgan fingerprint density at radius 1 is 0.459 bits per heavy atom. The van der Waals surface area contributed by atoms with E-state index in [9.17, 15) is 0 Å². The van der Waals surface area contributed by atoms with Crippen LogP contribution in [0, 0.1) is 0 Å². The third-order valence-corrected chi connectivity index (χ3v) is 14.1. The Morgan fingerprint density at radius 2 is 1.15 bits per heavy atom. The molecule has 10 aromatic rings. The second-order valence-electron chi connectivity index (χ2n) is 15.5. The highest BCUT2D eigenvalue weighted by atomic mass is 32.2. The van der Waals surface area contributed by atoms with Gasteiger partial charge in [0.25, 0.3) is 0 Å². The second-order valence-corrected chi connectivity index (χ2v) is 17.6. The van der Waals surface area contributed by atoms with Crippen LogP contribution < -0.4 is 4.90 Å². The molecule has 3 heteroatoms. The summed E-state index contributed by atoms with van der Waals surface area (Å²) >= 11 is 3.83. The van der Waals surface area contributed by atoms with E-state index in [-0.39, 0.29) is 0 Å². The molecular formula is C58H41NS2. The largest absolute Gasteiger partial charge is 0.309 e. The molecule has 11 rings (SSSR count). The molecule has 0 saturated carbocycles. The molecule has 1 nitrogen and oxygen atoms in total. The Hall–Kier alpha value is -6.91. The zero-order valence-corrected chi connectivity index (χ0v) is 35.2. The molecule has 1 aliphatic rings. The number of thiophene rings is 1. The summed E-state index contributed by atoms with van der Waals surface area (Å²) in [5, 5.41) is 5.09. The lowest BCUT2D eigenvalue weighted by atomic mass is 9.95. The number of benzene rings is 9. The van der Waals surface area contributed by atoms with Gasteiger partial charge in [0.1, 0.15) is 0 Å². The summed E-state index contributed by atoms with van der Waals surface area (Å²) in [6, 6.07) is 75.5. The third-order valence-electron chi connectivity index (χ3n) is 11.8. The van der Waals surface area contributed by atoms with Gasteiger partial charge in [0.15, 0.2) is 0 Å². The van der Waals surface area contributed by atoms with Crippen molar-refractivity contribution in [3.63, 3.8) is 0 Å². The first-order valence-corrected chi connectivity index (χ1v) is 22.7. The SMILES string of the molecule is C1=C\C(c2ccccc2)=C/CSc2c(cccc2N(c2ccc(-c3cccc(-c4cccc5ccccc45)c3)cc2)c2ccc(-c3ccccc3)c3sc4ccccc4c23)C/1. The van der Waals surface area contributed by atoms with E-state index < -0.39 is 0 Å². The van der Waals surface area contributed by atoms with Crippen molar-refractivity contribution in [3.8, 4) is 33.4 Å². The number of hydrogen-bond donors (Lipinski definition) is 0. The minimum absolute atomic E-state index is 0.851. The van der Waals surface area contributed by atoms with Crippen LogP contribution in [0.1, 0.15) is 11.1 Å². The van der Waals surface area contributed by atoms with E-state index in [2.05, 4.69) is 229 Å². The summed E-state index contributed by atoms with van der Waals surface area (Å²) in [6.07, 6.45) is 7.86. The maximum Gasteiger partial charge on any atom is 0.0600 e. The van der Waals surface area contributed by atoms with Gasteiger partial charge in [0.2, 0.25) is 0 Å². The maximum absolute atomic E-state index is 2.53. The van der Waals surface area contributed by atoms with Gasteiger partial charge < -0.3 is 4.90 Å². The third kappa shape index (κ3) is 7.06. The molecule has 61 heavy (non-hydrogen) atoms. The Morgan fingerprint density at radius 3 is 2.00 bits per heavy atom. The van der Waals surface area contributed by atoms with Crippen LogP contribution in [-0.4, -0.2) is 5.75 Å². The smallest absolute Gasteiger partial charge is 0.0600 e. The first kappa shape index (κ1) is 37.1. The fourth-order valence-corrected chi connectivity index (χ4v) is 11.2. The highest BCUT2D eigenvalue weighted by Crippen LogP contribution is 2.50. The Labute approximate surface area is 365 Å². The van der Waals surface area contributed by atoms with Crippen LogP contribution >= 0.6 is 23.1 Å². The van der Waals surface area contributed by atoms with Gasteiger partial charge in [-0.25, -0.2) is 0 Å². The monoisotopic (exact) mass is 815 g/mol. The number of thioether (sulfide) groups is 1. The van der Waals surface area contributed by atoms with E-state index in [1.165, 1.54) is 97.3 Å². The highest BCUT2D eigenvalue weighted by molar-refractivity contribution is 7.99. The van der Waals surface area contributed by atoms with Crippen LogP contribution in [0.5, 0.6) is 0 Å². The number of allylic oxidation sites excluding steroid dienone is 3. The average molecular weight is 816 g/mol. The molecule has 0 aliphatic carbocycles. The zero-order chi connectivity index (χ0) is 40.5. The maximum atomic E-state index is 2.53. The topological polar surface area (TPSA) is 3.24 Å². The van der Waals surface area contributed by atoms with Crippen LogP contribution in [0.4, 0.5) is 17.1 Å². The zero-order valence-electron chi connectivity index (χ0n) is 33.5. The first-order chi connectivity index (χ1) is 30.3. The summed E-state index contributed by atoms with van der Waals surface area (Å²) in [5.41, 5.74) is 14.7. The van der Waals surface area contributed by atoms with Crippen LogP contribution in [0.3, 0.4) is 0 Å². The highest BCUT2D eigenvalue weighted by Gasteiger charge is 2.24. The fraction of sp³-hybridized carbons (Fsp3) is 0.0345. The van der Waals surface area contributed by atoms with Crippen molar-refractivity contribution in [2.75, 3.05) is 10.7 Å². The van der Waals surface area contributed by atoms with E-state index in [4.69, 9.17) is 0 Å². The minimum atomic E-state index is 0.851. The number of anilines is 3. The lowest BCUT2D eigenvalue weighted by Gasteiger charge is -2.30. The van der Waals surface area contributed by atoms with Crippen molar-refractivity contribution >= 4 is 76.7 Å². The molecule has 1 aliphatic heterocycles. The lowest BCUT2D eigenvalue weighted by Crippen LogP contribution is -2.12. The molecule has 0 radical (unpaired) electrons. The van der Waals surface area contributed by atoms with Gasteiger partial charge in [0.05, 0.1) is 11.4 Å². The molecule has 0 fully saturated rings. The molecule has 0 spiro atoms. The molecule has 9 aromatic carbocycles. The van der Waals surface area contributed by atoms with Crippen LogP contribution in [0.25, 0.3) is 69.9 Å². The van der Waals surface area contributed by atoms with E-state index in [0.29, 0.717) is 0 Å². The van der Waals surface area contributed by atoms with Crippen molar-refractivity contribution in [3.05, 3.63) is 236 Å². The molecule has 0 atom stereocenters. The molecule has 2 heterocycles. The average Bonchev–Trinajstić information content (AvgIpc) is 3.76. The quantitative estimate of drug-likeness (QED) is 0.158. The second kappa shape index (κ2) is 16.3. The van der Waals surface area contributed by atoms with Gasteiger partial charge in [-0.05, 0) is 104 Å². The minimum Gasteiger partial charge on any atom is -0.309 e. The normalized spacial score (nSPS) is 14.1. The van der Waals surface area contributed by atoms with Crippen LogP contribution in [-0.2, 0) is 6.42 Å². The Bertz CT molecular complexity index is 3260. The molecule has 0 unspecified atom stereocenters. The number of rotatable bonds is 7. The Balaban J connectivity index is 1.07. The summed E-state index contributed by atoms with van der Waals surface area (Å²) in [5.74, 6) is 0.863. The lowest BCUT2D eigenvalue weighted by molar-refractivity contribution is 1.14. The number of nitrogens with zero attached hydrogens (tertiary/aromatic N) is 1. The summed E-state index contributed by atoms with van der Waals surface area (Å²) < 4.78 is 2.60. The standard InChI is InChI=1S/C58H41NS2/c1-3-15-40(16-4-1)41-20-11-22-45-23-14-29-54(57(45)60-38-37-41)59(53-36-35-51(44-17-5-2-6-18-44)58-56(53)52-27-9-10-30-55(52)61-58)48-33-31-42(32-34-48)46-24-12-25-47(39-46)50-28-13-21-43-19-7-8-26-49(43)50/h1-21,23-37,39H,22,38H2/b20-11-,41-37+. The molecule has 0 bridgehead atoms. The van der Waals surface area contributed by atoms with Crippen molar-refractivity contribution in [1.29, 1.82) is 0 Å². The molecular weight excluding hydrogens is 775 g/mol. The predicted octanol–water partition coefficient (Wildman–Crippen LogP) is 17.0. The molecule has 0 N–H and O–H groups in total. The summed E-state index contributed by atoms with van der Waals surface area (Å²) in [4.78, 5) is 3.84. The number of hydrogen-bond acceptors (Lipinski definition) is 3. The van der Waals surface area contributed by atoms with Gasteiger partial charge in [0, 0.05) is 36.5 Å². The van der Waals surface area contributed by atoms with Crippen molar-refractivity contribution < 1.29 is 0 Å². The van der Waals surface area contributed by atoms with Gasteiger partial charge in [-0.1, -0.05) is 188 Å². The van der Waals surface area contributed by atoms with E-state index in [1.54, 1.807) is 0 Å². The van der Waals surface area contributed by atoms with E-state index in [0.717, 1.165) is 17.9 Å². The fourth-order valence-electron chi connectivity index (χ4n) is 8.91. The summed E-state index contributed by atoms with van der Waals surface area (Å²) in [7, 11) is 0. The van der Waals surface area contributed by atoms with Crippen LogP contribution in [0.15, 0.2) is 229 Å². The first-order valence-electron chi connectivity index (χ1n) is 20.9. The summed E-state index contributed by atoms with van der Waals surface area (Å²) in [6.45, 7) is 0. The molecule has 290 valence electrons. The van der Waals surface area contributed by atoms with E-state index in [1.807, 2.05) is 23.1 Å². The van der Waals surface area contributed by atoms with Crippen molar-refractivity contribution in [2.45, 2.75) is 11.3 Å². The molecule has 0 amide bonds.